The van der Waals surface area contributed by atoms with E-state index < -0.39 is 0 Å². The van der Waals surface area contributed by atoms with Crippen LogP contribution < -0.4 is 0 Å². The molecule has 4 aromatic rings. The lowest BCUT2D eigenvalue weighted by atomic mass is 9.94. The van der Waals surface area contributed by atoms with Crippen LogP contribution in [0.1, 0.15) is 27.9 Å². The molecule has 2 heterocycles. The van der Waals surface area contributed by atoms with E-state index in [4.69, 9.17) is 0 Å². The third-order valence-corrected chi connectivity index (χ3v) is 6.42. The number of hydrogen-bond donors (Lipinski definition) is 1. The van der Waals surface area contributed by atoms with Gasteiger partial charge in [0, 0.05) is 31.0 Å². The summed E-state index contributed by atoms with van der Waals surface area (Å²) < 4.78 is 0. The first-order valence-corrected chi connectivity index (χ1v) is 11.1. The molecule has 1 aliphatic heterocycles. The predicted molar refractivity (Wildman–Crippen MR) is 127 cm³/mol. The SMILES string of the molecule is O=C(c1cccc2c(-c3ccc(CO)cc3)cccc12)N1CCC(Cc2cccnc2)C1. The van der Waals surface area contributed by atoms with E-state index in [0.29, 0.717) is 5.92 Å². The maximum absolute atomic E-state index is 13.5. The van der Waals surface area contributed by atoms with Gasteiger partial charge in [-0.2, -0.15) is 0 Å². The molecule has 1 amide bonds. The highest BCUT2D eigenvalue weighted by molar-refractivity contribution is 6.10. The Morgan fingerprint density at radius 2 is 1.75 bits per heavy atom. The van der Waals surface area contributed by atoms with E-state index >= 15 is 0 Å². The van der Waals surface area contributed by atoms with Gasteiger partial charge in [-0.3, -0.25) is 9.78 Å². The Morgan fingerprint density at radius 3 is 2.53 bits per heavy atom. The van der Waals surface area contributed by atoms with E-state index in [1.54, 1.807) is 6.20 Å². The summed E-state index contributed by atoms with van der Waals surface area (Å²) in [5.74, 6) is 0.579. The van der Waals surface area contributed by atoms with Crippen LogP contribution in [0.25, 0.3) is 21.9 Å². The molecule has 0 aliphatic carbocycles. The normalized spacial score (nSPS) is 15.9. The molecular weight excluding hydrogens is 396 g/mol. The van der Waals surface area contributed by atoms with Crippen molar-refractivity contribution in [3.05, 3.63) is 102 Å². The number of carbonyl (C=O) groups is 1. The second-order valence-corrected chi connectivity index (χ2v) is 8.53. The summed E-state index contributed by atoms with van der Waals surface area (Å²) in [6, 6.07) is 24.2. The maximum Gasteiger partial charge on any atom is 0.254 e. The number of fused-ring (bicyclic) bond motifs is 1. The highest BCUT2D eigenvalue weighted by atomic mass is 16.3. The van der Waals surface area contributed by atoms with Crippen molar-refractivity contribution in [1.82, 2.24) is 9.88 Å². The summed E-state index contributed by atoms with van der Waals surface area (Å²) in [7, 11) is 0. The van der Waals surface area contributed by atoms with Gasteiger partial charge in [0.2, 0.25) is 0 Å². The van der Waals surface area contributed by atoms with E-state index in [2.05, 4.69) is 23.2 Å². The fourth-order valence-electron chi connectivity index (χ4n) is 4.74. The molecule has 5 rings (SSSR count). The number of aliphatic hydroxyl groups excluding tert-OH is 1. The molecular formula is C28H26N2O2. The van der Waals surface area contributed by atoms with Gasteiger partial charge in [-0.05, 0) is 63.9 Å². The second kappa shape index (κ2) is 8.93. The Balaban J connectivity index is 1.41. The number of amides is 1. The molecule has 3 aromatic carbocycles. The van der Waals surface area contributed by atoms with Crippen molar-refractivity contribution in [2.45, 2.75) is 19.4 Å². The first-order chi connectivity index (χ1) is 15.7. The van der Waals surface area contributed by atoms with E-state index in [1.165, 1.54) is 5.56 Å². The van der Waals surface area contributed by atoms with Gasteiger partial charge >= 0.3 is 0 Å². The van der Waals surface area contributed by atoms with Crippen LogP contribution in [-0.4, -0.2) is 34.0 Å². The minimum atomic E-state index is 0.0338. The summed E-state index contributed by atoms with van der Waals surface area (Å²) in [6.45, 7) is 1.61. The fourth-order valence-corrected chi connectivity index (χ4v) is 4.74. The van der Waals surface area contributed by atoms with Crippen LogP contribution in [-0.2, 0) is 13.0 Å². The molecule has 1 fully saturated rings. The van der Waals surface area contributed by atoms with Crippen LogP contribution in [0.15, 0.2) is 85.2 Å². The van der Waals surface area contributed by atoms with Crippen molar-refractivity contribution in [3.8, 4) is 11.1 Å². The quantitative estimate of drug-likeness (QED) is 0.487. The molecule has 0 radical (unpaired) electrons. The summed E-state index contributed by atoms with van der Waals surface area (Å²) in [5.41, 5.74) is 5.06. The van der Waals surface area contributed by atoms with Gasteiger partial charge in [0.15, 0.2) is 0 Å². The smallest absolute Gasteiger partial charge is 0.254 e. The molecule has 0 bridgehead atoms. The van der Waals surface area contributed by atoms with Gasteiger partial charge in [-0.1, -0.05) is 60.7 Å². The molecule has 160 valence electrons. The largest absolute Gasteiger partial charge is 0.392 e. The fraction of sp³-hybridized carbons (Fsp3) is 0.214. The molecule has 1 N–H and O–H groups in total. The molecule has 32 heavy (non-hydrogen) atoms. The molecule has 4 heteroatoms. The lowest BCUT2D eigenvalue weighted by Gasteiger charge is -2.18. The first-order valence-electron chi connectivity index (χ1n) is 11.1. The zero-order chi connectivity index (χ0) is 21.9. The zero-order valence-electron chi connectivity index (χ0n) is 17.9. The monoisotopic (exact) mass is 422 g/mol. The zero-order valence-corrected chi connectivity index (χ0v) is 17.9. The van der Waals surface area contributed by atoms with E-state index in [1.807, 2.05) is 65.7 Å². The summed E-state index contributed by atoms with van der Waals surface area (Å²) in [4.78, 5) is 19.7. The molecule has 1 aliphatic rings. The lowest BCUT2D eigenvalue weighted by Crippen LogP contribution is -2.29. The van der Waals surface area contributed by atoms with E-state index in [-0.39, 0.29) is 12.5 Å². The van der Waals surface area contributed by atoms with Crippen LogP contribution in [0, 0.1) is 5.92 Å². The molecule has 1 unspecified atom stereocenters. The summed E-state index contributed by atoms with van der Waals surface area (Å²) in [5, 5.41) is 11.4. The van der Waals surface area contributed by atoms with E-state index in [9.17, 15) is 9.90 Å². The number of nitrogens with zero attached hydrogens (tertiary/aromatic N) is 2. The van der Waals surface area contributed by atoms with Crippen LogP contribution >= 0.6 is 0 Å². The molecule has 0 saturated carbocycles. The van der Waals surface area contributed by atoms with Gasteiger partial charge in [-0.25, -0.2) is 0 Å². The van der Waals surface area contributed by atoms with Crippen molar-refractivity contribution in [2.75, 3.05) is 13.1 Å². The molecule has 1 aromatic heterocycles. The van der Waals surface area contributed by atoms with Gasteiger partial charge in [0.1, 0.15) is 0 Å². The van der Waals surface area contributed by atoms with Crippen LogP contribution in [0.4, 0.5) is 0 Å². The van der Waals surface area contributed by atoms with Gasteiger partial charge in [0.05, 0.1) is 6.61 Å². The Kier molecular flexibility index (Phi) is 5.70. The van der Waals surface area contributed by atoms with Gasteiger partial charge in [0.25, 0.3) is 5.91 Å². The number of benzene rings is 3. The Hall–Kier alpha value is -3.50. The van der Waals surface area contributed by atoms with Crippen LogP contribution in [0.3, 0.4) is 0 Å². The minimum Gasteiger partial charge on any atom is -0.392 e. The van der Waals surface area contributed by atoms with Crippen molar-refractivity contribution < 1.29 is 9.90 Å². The first kappa shape index (κ1) is 20.4. The molecule has 4 nitrogen and oxygen atoms in total. The topological polar surface area (TPSA) is 53.4 Å². The number of aliphatic hydroxyl groups is 1. The third kappa shape index (κ3) is 4.02. The Labute approximate surface area is 188 Å². The summed E-state index contributed by atoms with van der Waals surface area (Å²) in [6.07, 6.45) is 5.70. The molecule has 1 saturated heterocycles. The number of likely N-dealkylation sites (tertiary alicyclic amines) is 1. The average Bonchev–Trinajstić information content (AvgIpc) is 3.32. The lowest BCUT2D eigenvalue weighted by molar-refractivity contribution is 0.0789. The number of aromatic nitrogens is 1. The maximum atomic E-state index is 13.5. The van der Waals surface area contributed by atoms with Crippen molar-refractivity contribution in [3.63, 3.8) is 0 Å². The molecule has 1 atom stereocenters. The van der Waals surface area contributed by atoms with Crippen molar-refractivity contribution in [1.29, 1.82) is 0 Å². The second-order valence-electron chi connectivity index (χ2n) is 8.53. The Morgan fingerprint density at radius 1 is 0.938 bits per heavy atom. The Bertz CT molecular complexity index is 1240. The van der Waals surface area contributed by atoms with Crippen LogP contribution in [0.5, 0.6) is 0 Å². The highest BCUT2D eigenvalue weighted by Gasteiger charge is 2.28. The third-order valence-electron chi connectivity index (χ3n) is 6.42. The average molecular weight is 423 g/mol. The highest BCUT2D eigenvalue weighted by Crippen LogP contribution is 2.32. The van der Waals surface area contributed by atoms with Crippen LogP contribution in [0.2, 0.25) is 0 Å². The number of pyridine rings is 1. The van der Waals surface area contributed by atoms with Gasteiger partial charge < -0.3 is 10.0 Å². The number of hydrogen-bond acceptors (Lipinski definition) is 3. The number of carbonyl (C=O) groups excluding carboxylic acids is 1. The standard InChI is InChI=1S/C28H26N2O2/c31-19-20-9-11-23(12-10-20)24-5-1-7-26-25(24)6-2-8-27(26)28(32)30-15-13-22(18-30)16-21-4-3-14-29-17-21/h1-12,14,17,22,31H,13,15-16,18-19H2. The minimum absolute atomic E-state index is 0.0338. The molecule has 0 spiro atoms. The van der Waals surface area contributed by atoms with Gasteiger partial charge in [-0.15, -0.1) is 0 Å². The van der Waals surface area contributed by atoms with Crippen molar-refractivity contribution >= 4 is 16.7 Å². The summed E-state index contributed by atoms with van der Waals surface area (Å²) >= 11 is 0. The van der Waals surface area contributed by atoms with Crippen molar-refractivity contribution in [2.24, 2.45) is 5.92 Å². The van der Waals surface area contributed by atoms with E-state index in [0.717, 1.165) is 59.0 Å². The predicted octanol–water partition coefficient (Wildman–Crippen LogP) is 5.10. The number of rotatable bonds is 5.